The molecule has 0 atom stereocenters. The Morgan fingerprint density at radius 1 is 1.21 bits per heavy atom. The summed E-state index contributed by atoms with van der Waals surface area (Å²) in [5.41, 5.74) is 1.44. The van der Waals surface area contributed by atoms with Crippen LogP contribution in [0.2, 0.25) is 0 Å². The van der Waals surface area contributed by atoms with E-state index in [-0.39, 0.29) is 5.91 Å². The molecule has 1 aromatic carbocycles. The first-order chi connectivity index (χ1) is 11.6. The van der Waals surface area contributed by atoms with Crippen molar-refractivity contribution in [3.05, 3.63) is 36.2 Å². The maximum Gasteiger partial charge on any atom is 0.253 e. The number of carbonyl (C=O) groups is 1. The average Bonchev–Trinajstić information content (AvgIpc) is 2.90. The monoisotopic (exact) mass is 326 g/mol. The molecule has 1 amide bonds. The van der Waals surface area contributed by atoms with E-state index in [9.17, 15) is 4.79 Å². The molecule has 0 bridgehead atoms. The molecule has 0 unspecified atom stereocenters. The standard InChI is InChI=1S/C17H22N6O/c1-22(2)16(24)14-6-3-5-13(11-14)15-19-12-20-17(21-15)23-9-4-7-18-8-10-23/h3,5-6,11-12,18H,4,7-10H2,1-2H3. The molecule has 0 radical (unpaired) electrons. The highest BCUT2D eigenvalue weighted by Crippen LogP contribution is 2.19. The van der Waals surface area contributed by atoms with Crippen LogP contribution in [-0.2, 0) is 0 Å². The van der Waals surface area contributed by atoms with E-state index in [4.69, 9.17) is 0 Å². The topological polar surface area (TPSA) is 74.2 Å². The van der Waals surface area contributed by atoms with Gasteiger partial charge in [-0.2, -0.15) is 4.98 Å². The van der Waals surface area contributed by atoms with Gasteiger partial charge in [0.15, 0.2) is 5.82 Å². The molecule has 0 saturated carbocycles. The number of rotatable bonds is 3. The van der Waals surface area contributed by atoms with Crippen LogP contribution in [0.15, 0.2) is 30.6 Å². The third-order valence-corrected chi connectivity index (χ3v) is 3.96. The lowest BCUT2D eigenvalue weighted by Gasteiger charge is -2.19. The fourth-order valence-electron chi connectivity index (χ4n) is 2.67. The van der Waals surface area contributed by atoms with E-state index in [2.05, 4.69) is 25.2 Å². The van der Waals surface area contributed by atoms with Crippen LogP contribution in [0.5, 0.6) is 0 Å². The van der Waals surface area contributed by atoms with Gasteiger partial charge in [-0.3, -0.25) is 4.79 Å². The number of benzene rings is 1. The van der Waals surface area contributed by atoms with Gasteiger partial charge in [0, 0.05) is 44.9 Å². The summed E-state index contributed by atoms with van der Waals surface area (Å²) in [6.07, 6.45) is 2.60. The molecule has 1 N–H and O–H groups in total. The number of aromatic nitrogens is 3. The van der Waals surface area contributed by atoms with Crippen molar-refractivity contribution >= 4 is 11.9 Å². The van der Waals surface area contributed by atoms with Gasteiger partial charge in [-0.25, -0.2) is 9.97 Å². The van der Waals surface area contributed by atoms with E-state index < -0.39 is 0 Å². The number of amides is 1. The molecular weight excluding hydrogens is 304 g/mol. The van der Waals surface area contributed by atoms with E-state index in [0.717, 1.165) is 38.2 Å². The number of nitrogens with zero attached hydrogens (tertiary/aromatic N) is 5. The average molecular weight is 326 g/mol. The molecule has 0 spiro atoms. The predicted octanol–water partition coefficient (Wildman–Crippen LogP) is 1.04. The Balaban J connectivity index is 1.88. The Bertz CT molecular complexity index is 710. The molecule has 7 heteroatoms. The van der Waals surface area contributed by atoms with Gasteiger partial charge in [0.25, 0.3) is 5.91 Å². The highest BCUT2D eigenvalue weighted by Gasteiger charge is 2.15. The third kappa shape index (κ3) is 3.68. The van der Waals surface area contributed by atoms with Crippen molar-refractivity contribution in [3.8, 4) is 11.4 Å². The number of carbonyl (C=O) groups excluding carboxylic acids is 1. The summed E-state index contributed by atoms with van der Waals surface area (Å²) < 4.78 is 0. The van der Waals surface area contributed by atoms with Gasteiger partial charge in [0.1, 0.15) is 6.33 Å². The Morgan fingerprint density at radius 2 is 2.08 bits per heavy atom. The summed E-state index contributed by atoms with van der Waals surface area (Å²) in [6.45, 7) is 3.75. The Hall–Kier alpha value is -2.54. The second-order valence-corrected chi connectivity index (χ2v) is 5.98. The smallest absolute Gasteiger partial charge is 0.253 e. The van der Waals surface area contributed by atoms with E-state index in [1.54, 1.807) is 25.1 Å². The second kappa shape index (κ2) is 7.35. The van der Waals surface area contributed by atoms with Crippen LogP contribution in [0.1, 0.15) is 16.8 Å². The van der Waals surface area contributed by atoms with Crippen LogP contribution in [0.3, 0.4) is 0 Å². The van der Waals surface area contributed by atoms with E-state index in [1.807, 2.05) is 18.2 Å². The van der Waals surface area contributed by atoms with Gasteiger partial charge in [-0.05, 0) is 25.1 Å². The highest BCUT2D eigenvalue weighted by molar-refractivity contribution is 5.94. The summed E-state index contributed by atoms with van der Waals surface area (Å²) in [5, 5.41) is 3.37. The number of anilines is 1. The molecule has 7 nitrogen and oxygen atoms in total. The minimum Gasteiger partial charge on any atom is -0.345 e. The molecule has 2 heterocycles. The fraction of sp³-hybridized carbons (Fsp3) is 0.412. The molecule has 0 aliphatic carbocycles. The van der Waals surface area contributed by atoms with Crippen molar-refractivity contribution in [2.24, 2.45) is 0 Å². The first kappa shape index (κ1) is 16.3. The molecule has 1 aliphatic heterocycles. The minimum atomic E-state index is -0.0373. The van der Waals surface area contributed by atoms with Crippen LogP contribution in [0, 0.1) is 0 Å². The van der Waals surface area contributed by atoms with Crippen molar-refractivity contribution in [2.75, 3.05) is 45.2 Å². The molecule has 3 rings (SSSR count). The highest BCUT2D eigenvalue weighted by atomic mass is 16.2. The molecule has 24 heavy (non-hydrogen) atoms. The lowest BCUT2D eigenvalue weighted by Crippen LogP contribution is -2.29. The zero-order chi connectivity index (χ0) is 16.9. The molecule has 1 fully saturated rings. The summed E-state index contributed by atoms with van der Waals surface area (Å²) in [7, 11) is 3.48. The van der Waals surface area contributed by atoms with Crippen LogP contribution in [-0.4, -0.2) is 66.0 Å². The Labute approximate surface area is 141 Å². The molecule has 126 valence electrons. The molecule has 1 aliphatic rings. The second-order valence-electron chi connectivity index (χ2n) is 5.98. The lowest BCUT2D eigenvalue weighted by molar-refractivity contribution is 0.0827. The summed E-state index contributed by atoms with van der Waals surface area (Å²) in [5.74, 6) is 1.24. The van der Waals surface area contributed by atoms with Crippen LogP contribution in [0.25, 0.3) is 11.4 Å². The Morgan fingerprint density at radius 3 is 2.92 bits per heavy atom. The fourth-order valence-corrected chi connectivity index (χ4v) is 2.67. The van der Waals surface area contributed by atoms with Crippen LogP contribution < -0.4 is 10.2 Å². The summed E-state index contributed by atoms with van der Waals surface area (Å²) in [4.78, 5) is 29.1. The van der Waals surface area contributed by atoms with Crippen molar-refractivity contribution in [1.82, 2.24) is 25.2 Å². The number of nitrogens with one attached hydrogen (secondary N) is 1. The van der Waals surface area contributed by atoms with Crippen molar-refractivity contribution in [1.29, 1.82) is 0 Å². The number of hydrogen-bond donors (Lipinski definition) is 1. The lowest BCUT2D eigenvalue weighted by atomic mass is 10.1. The maximum absolute atomic E-state index is 12.1. The molecule has 1 aromatic heterocycles. The quantitative estimate of drug-likeness (QED) is 0.908. The van der Waals surface area contributed by atoms with E-state index >= 15 is 0 Å². The van der Waals surface area contributed by atoms with Gasteiger partial charge in [-0.1, -0.05) is 12.1 Å². The minimum absolute atomic E-state index is 0.0373. The molecule has 1 saturated heterocycles. The van der Waals surface area contributed by atoms with Gasteiger partial charge in [0.2, 0.25) is 5.95 Å². The van der Waals surface area contributed by atoms with Gasteiger partial charge >= 0.3 is 0 Å². The molecule has 2 aromatic rings. The van der Waals surface area contributed by atoms with Crippen molar-refractivity contribution in [3.63, 3.8) is 0 Å². The SMILES string of the molecule is CN(C)C(=O)c1cccc(-c2ncnc(N3CCCNCC3)n2)c1. The van der Waals surface area contributed by atoms with Crippen molar-refractivity contribution in [2.45, 2.75) is 6.42 Å². The van der Waals surface area contributed by atoms with Gasteiger partial charge in [-0.15, -0.1) is 0 Å². The van der Waals surface area contributed by atoms with E-state index in [1.165, 1.54) is 6.33 Å². The zero-order valence-corrected chi connectivity index (χ0v) is 14.1. The van der Waals surface area contributed by atoms with E-state index in [0.29, 0.717) is 17.3 Å². The number of hydrogen-bond acceptors (Lipinski definition) is 6. The maximum atomic E-state index is 12.1. The van der Waals surface area contributed by atoms with Crippen LogP contribution >= 0.6 is 0 Å². The van der Waals surface area contributed by atoms with Gasteiger partial charge < -0.3 is 15.1 Å². The summed E-state index contributed by atoms with van der Waals surface area (Å²) in [6, 6.07) is 7.39. The third-order valence-electron chi connectivity index (χ3n) is 3.96. The van der Waals surface area contributed by atoms with Crippen LogP contribution in [0.4, 0.5) is 5.95 Å². The Kier molecular flexibility index (Phi) is 5.00. The first-order valence-corrected chi connectivity index (χ1v) is 8.12. The first-order valence-electron chi connectivity index (χ1n) is 8.12. The predicted molar refractivity (Wildman–Crippen MR) is 93.0 cm³/mol. The normalized spacial score (nSPS) is 15.0. The zero-order valence-electron chi connectivity index (χ0n) is 14.1. The van der Waals surface area contributed by atoms with Crippen molar-refractivity contribution < 1.29 is 4.79 Å². The van der Waals surface area contributed by atoms with Gasteiger partial charge in [0.05, 0.1) is 0 Å². The summed E-state index contributed by atoms with van der Waals surface area (Å²) >= 11 is 0. The molecular formula is C17H22N6O. The largest absolute Gasteiger partial charge is 0.345 e.